The highest BCUT2D eigenvalue weighted by molar-refractivity contribution is 5.41. The van der Waals surface area contributed by atoms with Crippen molar-refractivity contribution >= 4 is 5.69 Å². The highest BCUT2D eigenvalue weighted by Crippen LogP contribution is 2.24. The number of nitro groups is 1. The molecule has 0 fully saturated rings. The van der Waals surface area contributed by atoms with Crippen LogP contribution in [0.3, 0.4) is 0 Å². The second-order valence-electron chi connectivity index (χ2n) is 2.48. The van der Waals surface area contributed by atoms with Gasteiger partial charge in [0.25, 0.3) is 0 Å². The van der Waals surface area contributed by atoms with Gasteiger partial charge in [0.2, 0.25) is 5.82 Å². The first-order chi connectivity index (χ1) is 6.07. The van der Waals surface area contributed by atoms with E-state index in [1.54, 1.807) is 6.92 Å². The van der Waals surface area contributed by atoms with E-state index in [9.17, 15) is 18.9 Å². The van der Waals surface area contributed by atoms with Crippen LogP contribution in [0.25, 0.3) is 0 Å². The first-order valence-electron chi connectivity index (χ1n) is 3.69. The van der Waals surface area contributed by atoms with Gasteiger partial charge >= 0.3 is 5.69 Å². The molecule has 70 valence electrons. The van der Waals surface area contributed by atoms with Crippen LogP contribution in [0.4, 0.5) is 14.5 Å². The minimum Gasteiger partial charge on any atom is -0.258 e. The maximum absolute atomic E-state index is 12.9. The van der Waals surface area contributed by atoms with E-state index in [2.05, 4.69) is 0 Å². The number of hydrogen-bond acceptors (Lipinski definition) is 2. The zero-order valence-corrected chi connectivity index (χ0v) is 6.88. The van der Waals surface area contributed by atoms with Crippen molar-refractivity contribution in [3.05, 3.63) is 39.4 Å². The zero-order valence-electron chi connectivity index (χ0n) is 6.88. The Morgan fingerprint density at radius 2 is 2.08 bits per heavy atom. The summed E-state index contributed by atoms with van der Waals surface area (Å²) in [6.45, 7) is 1.64. The van der Waals surface area contributed by atoms with Gasteiger partial charge in [-0.2, -0.15) is 4.39 Å². The monoisotopic (exact) mass is 187 g/mol. The molecule has 1 aromatic rings. The van der Waals surface area contributed by atoms with Gasteiger partial charge in [-0.1, -0.05) is 6.92 Å². The molecule has 3 nitrogen and oxygen atoms in total. The fourth-order valence-electron chi connectivity index (χ4n) is 1.06. The maximum atomic E-state index is 12.9. The van der Waals surface area contributed by atoms with Crippen molar-refractivity contribution in [1.82, 2.24) is 0 Å². The van der Waals surface area contributed by atoms with Gasteiger partial charge in [0.05, 0.1) is 4.92 Å². The molecule has 1 aromatic carbocycles. The molecule has 0 atom stereocenters. The maximum Gasteiger partial charge on any atom is 0.311 e. The molecular formula is C8H7F2NO2. The van der Waals surface area contributed by atoms with Crippen LogP contribution in [0.15, 0.2) is 12.1 Å². The van der Waals surface area contributed by atoms with E-state index in [1.165, 1.54) is 6.07 Å². The van der Waals surface area contributed by atoms with E-state index in [-0.39, 0.29) is 5.56 Å². The molecule has 0 radical (unpaired) electrons. The largest absolute Gasteiger partial charge is 0.311 e. The number of nitro benzene ring substituents is 1. The Balaban J connectivity index is 3.41. The van der Waals surface area contributed by atoms with Crippen LogP contribution in [0, 0.1) is 21.7 Å². The van der Waals surface area contributed by atoms with Crippen LogP contribution in [0.1, 0.15) is 12.5 Å². The van der Waals surface area contributed by atoms with E-state index < -0.39 is 22.2 Å². The molecule has 0 saturated heterocycles. The molecule has 0 unspecified atom stereocenters. The van der Waals surface area contributed by atoms with E-state index in [4.69, 9.17) is 0 Å². The second kappa shape index (κ2) is 3.47. The van der Waals surface area contributed by atoms with Crippen LogP contribution in [0.2, 0.25) is 0 Å². The Kier molecular flexibility index (Phi) is 2.55. The molecule has 0 N–H and O–H groups in total. The predicted octanol–water partition coefficient (Wildman–Crippen LogP) is 2.44. The highest BCUT2D eigenvalue weighted by Gasteiger charge is 2.22. The Hall–Kier alpha value is -1.52. The molecule has 0 amide bonds. The summed E-state index contributed by atoms with van der Waals surface area (Å²) < 4.78 is 25.5. The lowest BCUT2D eigenvalue weighted by Crippen LogP contribution is -2.00. The van der Waals surface area contributed by atoms with Crippen LogP contribution in [-0.2, 0) is 6.42 Å². The first-order valence-corrected chi connectivity index (χ1v) is 3.69. The SMILES string of the molecule is CCc1ccc(F)c(F)c1[N+](=O)[O-]. The van der Waals surface area contributed by atoms with Gasteiger partial charge in [0.15, 0.2) is 5.82 Å². The van der Waals surface area contributed by atoms with Gasteiger partial charge in [-0.15, -0.1) is 0 Å². The van der Waals surface area contributed by atoms with Gasteiger partial charge in [-0.05, 0) is 18.6 Å². The molecule has 0 aliphatic heterocycles. The van der Waals surface area contributed by atoms with Crippen LogP contribution in [0.5, 0.6) is 0 Å². The lowest BCUT2D eigenvalue weighted by molar-refractivity contribution is -0.388. The molecule has 0 spiro atoms. The van der Waals surface area contributed by atoms with Crippen molar-refractivity contribution in [3.8, 4) is 0 Å². The summed E-state index contributed by atoms with van der Waals surface area (Å²) in [5, 5.41) is 10.4. The molecule has 0 aliphatic rings. The van der Waals surface area contributed by atoms with Gasteiger partial charge in [-0.3, -0.25) is 10.1 Å². The number of halogens is 2. The van der Waals surface area contributed by atoms with Gasteiger partial charge in [0, 0.05) is 5.56 Å². The molecule has 0 aliphatic carbocycles. The normalized spacial score (nSPS) is 10.1. The Morgan fingerprint density at radius 1 is 1.46 bits per heavy atom. The third kappa shape index (κ3) is 1.63. The smallest absolute Gasteiger partial charge is 0.258 e. The standard InChI is InChI=1S/C8H7F2NO2/c1-2-5-3-4-6(9)7(10)8(5)11(12)13/h3-4H,2H2,1H3. The predicted molar refractivity (Wildman–Crippen MR) is 42.4 cm³/mol. The number of hydrogen-bond donors (Lipinski definition) is 0. The molecular weight excluding hydrogens is 180 g/mol. The minimum absolute atomic E-state index is 0.198. The van der Waals surface area contributed by atoms with E-state index in [0.717, 1.165) is 6.07 Å². The van der Waals surface area contributed by atoms with Gasteiger partial charge in [-0.25, -0.2) is 4.39 Å². The Labute approximate surface area is 73.1 Å². The van der Waals surface area contributed by atoms with Crippen molar-refractivity contribution < 1.29 is 13.7 Å². The zero-order chi connectivity index (χ0) is 10.0. The van der Waals surface area contributed by atoms with Gasteiger partial charge < -0.3 is 0 Å². The molecule has 13 heavy (non-hydrogen) atoms. The summed E-state index contributed by atoms with van der Waals surface area (Å²) >= 11 is 0. The molecule has 0 heterocycles. The van der Waals surface area contributed by atoms with E-state index in [0.29, 0.717) is 6.42 Å². The number of rotatable bonds is 2. The van der Waals surface area contributed by atoms with E-state index in [1.807, 2.05) is 0 Å². The summed E-state index contributed by atoms with van der Waals surface area (Å²) in [7, 11) is 0. The van der Waals surface area contributed by atoms with E-state index >= 15 is 0 Å². The minimum atomic E-state index is -1.38. The van der Waals surface area contributed by atoms with Crippen LogP contribution in [-0.4, -0.2) is 4.92 Å². The quantitative estimate of drug-likeness (QED) is 0.527. The van der Waals surface area contributed by atoms with Crippen molar-refractivity contribution in [1.29, 1.82) is 0 Å². The molecule has 1 rings (SSSR count). The average Bonchev–Trinajstić information content (AvgIpc) is 2.08. The van der Waals surface area contributed by atoms with Crippen molar-refractivity contribution in [3.63, 3.8) is 0 Å². The third-order valence-electron chi connectivity index (χ3n) is 1.72. The van der Waals surface area contributed by atoms with Crippen LogP contribution >= 0.6 is 0 Å². The highest BCUT2D eigenvalue weighted by atomic mass is 19.2. The molecule has 0 aromatic heterocycles. The summed E-state index contributed by atoms with van der Waals surface area (Å²) in [6.07, 6.45) is 0.299. The van der Waals surface area contributed by atoms with Crippen molar-refractivity contribution in [2.45, 2.75) is 13.3 Å². The average molecular weight is 187 g/mol. The summed E-state index contributed by atoms with van der Waals surface area (Å²) in [4.78, 5) is 9.45. The van der Waals surface area contributed by atoms with Crippen molar-refractivity contribution in [2.24, 2.45) is 0 Å². The number of nitrogens with zero attached hydrogens (tertiary/aromatic N) is 1. The molecule has 5 heteroatoms. The fraction of sp³-hybridized carbons (Fsp3) is 0.250. The summed E-state index contributed by atoms with van der Waals surface area (Å²) in [5.74, 6) is -2.58. The first kappa shape index (κ1) is 9.57. The summed E-state index contributed by atoms with van der Waals surface area (Å²) in [5.41, 5.74) is -0.564. The fourth-order valence-corrected chi connectivity index (χ4v) is 1.06. The van der Waals surface area contributed by atoms with Gasteiger partial charge in [0.1, 0.15) is 0 Å². The lowest BCUT2D eigenvalue weighted by Gasteiger charge is -2.00. The number of benzene rings is 1. The van der Waals surface area contributed by atoms with Crippen molar-refractivity contribution in [2.75, 3.05) is 0 Å². The Morgan fingerprint density at radius 3 is 2.54 bits per heavy atom. The molecule has 0 saturated carbocycles. The number of aryl methyl sites for hydroxylation is 1. The topological polar surface area (TPSA) is 43.1 Å². The second-order valence-corrected chi connectivity index (χ2v) is 2.48. The van der Waals surface area contributed by atoms with Crippen LogP contribution < -0.4 is 0 Å². The Bertz CT molecular complexity index is 352. The molecule has 0 bridgehead atoms. The summed E-state index contributed by atoms with van der Waals surface area (Å²) in [6, 6.07) is 2.11. The lowest BCUT2D eigenvalue weighted by atomic mass is 10.1. The third-order valence-corrected chi connectivity index (χ3v) is 1.72.